The number of hydrogen-bond acceptors (Lipinski definition) is 4. The number of anilines is 2. The van der Waals surface area contributed by atoms with Crippen molar-refractivity contribution in [3.63, 3.8) is 0 Å². The van der Waals surface area contributed by atoms with E-state index in [1.54, 1.807) is 29.2 Å². The van der Waals surface area contributed by atoms with Crippen LogP contribution in [0.2, 0.25) is 0 Å². The fourth-order valence-electron chi connectivity index (χ4n) is 2.24. The molecule has 8 nitrogen and oxygen atoms in total. The van der Waals surface area contributed by atoms with Crippen molar-refractivity contribution in [3.8, 4) is 0 Å². The van der Waals surface area contributed by atoms with Crippen molar-refractivity contribution in [2.24, 2.45) is 11.7 Å². The van der Waals surface area contributed by atoms with E-state index in [0.717, 1.165) is 5.69 Å². The maximum absolute atomic E-state index is 11.9. The second kappa shape index (κ2) is 7.78. The van der Waals surface area contributed by atoms with Crippen LogP contribution < -0.4 is 26.6 Å². The number of urea groups is 1. The maximum Gasteiger partial charge on any atom is 0.321 e. The van der Waals surface area contributed by atoms with Crippen LogP contribution in [0, 0.1) is 5.92 Å². The topological polar surface area (TPSA) is 117 Å². The van der Waals surface area contributed by atoms with E-state index in [2.05, 4.69) is 16.0 Å². The summed E-state index contributed by atoms with van der Waals surface area (Å²) in [6.45, 7) is 4.77. The standard InChI is InChI=1S/C16H23N5O3/c1-10(2)14(17)15(23)19-9-13(22)20-11-3-5-12(6-4-11)21-8-7-18-16(21)24/h3-6,10,14H,7-9,17H2,1-2H3,(H,18,24)(H,19,23)(H,20,22)/t14-/m0/s1. The molecule has 1 saturated heterocycles. The summed E-state index contributed by atoms with van der Waals surface area (Å²) in [5.74, 6) is -0.690. The number of benzene rings is 1. The Labute approximate surface area is 140 Å². The van der Waals surface area contributed by atoms with Crippen molar-refractivity contribution in [3.05, 3.63) is 24.3 Å². The molecule has 1 heterocycles. The molecule has 8 heteroatoms. The van der Waals surface area contributed by atoms with Crippen molar-refractivity contribution in [2.75, 3.05) is 29.9 Å². The highest BCUT2D eigenvalue weighted by atomic mass is 16.2. The van der Waals surface area contributed by atoms with Gasteiger partial charge in [-0.25, -0.2) is 4.79 Å². The molecule has 0 radical (unpaired) electrons. The molecule has 130 valence electrons. The summed E-state index contributed by atoms with van der Waals surface area (Å²) in [6, 6.07) is 6.17. The third-order valence-corrected chi connectivity index (χ3v) is 3.76. The predicted octanol–water partition coefficient (Wildman–Crippen LogP) is 0.254. The SMILES string of the molecule is CC(C)[C@H](N)C(=O)NCC(=O)Nc1ccc(N2CCNC2=O)cc1. The molecule has 5 N–H and O–H groups in total. The Kier molecular flexibility index (Phi) is 5.75. The molecule has 1 atom stereocenters. The van der Waals surface area contributed by atoms with Crippen LogP contribution in [0.4, 0.5) is 16.2 Å². The van der Waals surface area contributed by atoms with E-state index in [1.807, 2.05) is 13.8 Å². The average Bonchev–Trinajstić information content (AvgIpc) is 2.98. The van der Waals surface area contributed by atoms with E-state index < -0.39 is 6.04 Å². The molecule has 0 aromatic heterocycles. The van der Waals surface area contributed by atoms with E-state index in [0.29, 0.717) is 18.8 Å². The summed E-state index contributed by atoms with van der Waals surface area (Å²) in [6.07, 6.45) is 0. The lowest BCUT2D eigenvalue weighted by Gasteiger charge is -2.16. The number of hydrogen-bond donors (Lipinski definition) is 4. The molecule has 0 aliphatic carbocycles. The molecular formula is C16H23N5O3. The van der Waals surface area contributed by atoms with E-state index in [4.69, 9.17) is 5.73 Å². The molecular weight excluding hydrogens is 310 g/mol. The Morgan fingerprint density at radius 2 is 1.96 bits per heavy atom. The van der Waals surface area contributed by atoms with Crippen LogP contribution in [0.25, 0.3) is 0 Å². The average molecular weight is 333 g/mol. The fourth-order valence-corrected chi connectivity index (χ4v) is 2.24. The molecule has 1 aromatic rings. The van der Waals surface area contributed by atoms with Gasteiger partial charge in [-0.15, -0.1) is 0 Å². The van der Waals surface area contributed by atoms with Crippen molar-refractivity contribution in [2.45, 2.75) is 19.9 Å². The first-order valence-corrected chi connectivity index (χ1v) is 7.87. The third-order valence-electron chi connectivity index (χ3n) is 3.76. The second-order valence-electron chi connectivity index (χ2n) is 5.97. The van der Waals surface area contributed by atoms with Crippen LogP contribution in [0.15, 0.2) is 24.3 Å². The largest absolute Gasteiger partial charge is 0.346 e. The lowest BCUT2D eigenvalue weighted by Crippen LogP contribution is -2.46. The van der Waals surface area contributed by atoms with Gasteiger partial charge in [0.25, 0.3) is 0 Å². The first-order valence-electron chi connectivity index (χ1n) is 7.87. The summed E-state index contributed by atoms with van der Waals surface area (Å²) in [4.78, 5) is 36.8. The number of nitrogens with two attached hydrogens (primary N) is 1. The summed E-state index contributed by atoms with van der Waals surface area (Å²) < 4.78 is 0. The van der Waals surface area contributed by atoms with Crippen LogP contribution in [0.5, 0.6) is 0 Å². The Hall–Kier alpha value is -2.61. The molecule has 4 amide bonds. The van der Waals surface area contributed by atoms with Gasteiger partial charge in [0.1, 0.15) is 0 Å². The molecule has 1 aromatic carbocycles. The van der Waals surface area contributed by atoms with Gasteiger partial charge in [-0.2, -0.15) is 0 Å². The van der Waals surface area contributed by atoms with Gasteiger partial charge in [0.2, 0.25) is 11.8 Å². The maximum atomic E-state index is 11.9. The number of carbonyl (C=O) groups excluding carboxylic acids is 3. The molecule has 1 aliphatic rings. The first kappa shape index (κ1) is 17.7. The van der Waals surface area contributed by atoms with Crippen molar-refractivity contribution >= 4 is 29.2 Å². The van der Waals surface area contributed by atoms with Crippen molar-refractivity contribution in [1.29, 1.82) is 0 Å². The van der Waals surface area contributed by atoms with Gasteiger partial charge >= 0.3 is 6.03 Å². The smallest absolute Gasteiger partial charge is 0.321 e. The lowest BCUT2D eigenvalue weighted by atomic mass is 10.1. The third kappa shape index (κ3) is 4.45. The van der Waals surface area contributed by atoms with Gasteiger partial charge in [0, 0.05) is 24.5 Å². The summed E-state index contributed by atoms with van der Waals surface area (Å²) in [5, 5.41) is 7.92. The molecule has 0 spiro atoms. The first-order chi connectivity index (χ1) is 11.4. The zero-order chi connectivity index (χ0) is 17.7. The van der Waals surface area contributed by atoms with Crippen LogP contribution >= 0.6 is 0 Å². The van der Waals surface area contributed by atoms with Crippen LogP contribution in [-0.2, 0) is 9.59 Å². The van der Waals surface area contributed by atoms with Crippen molar-refractivity contribution < 1.29 is 14.4 Å². The molecule has 0 bridgehead atoms. The Morgan fingerprint density at radius 1 is 1.29 bits per heavy atom. The number of nitrogens with one attached hydrogen (secondary N) is 3. The second-order valence-corrected chi connectivity index (χ2v) is 5.97. The van der Waals surface area contributed by atoms with Crippen LogP contribution in [0.1, 0.15) is 13.8 Å². The van der Waals surface area contributed by atoms with Crippen molar-refractivity contribution in [1.82, 2.24) is 10.6 Å². The normalized spacial score (nSPS) is 15.2. The number of carbonyl (C=O) groups is 3. The van der Waals surface area contributed by atoms with Gasteiger partial charge in [0.05, 0.1) is 12.6 Å². The van der Waals surface area contributed by atoms with Crippen LogP contribution in [-0.4, -0.2) is 43.5 Å². The summed E-state index contributed by atoms with van der Waals surface area (Å²) in [7, 11) is 0. The Morgan fingerprint density at radius 3 is 2.50 bits per heavy atom. The quantitative estimate of drug-likeness (QED) is 0.597. The molecule has 0 unspecified atom stereocenters. The molecule has 1 fully saturated rings. The minimum atomic E-state index is -0.635. The minimum absolute atomic E-state index is 0.00314. The predicted molar refractivity (Wildman–Crippen MR) is 91.6 cm³/mol. The zero-order valence-corrected chi connectivity index (χ0v) is 13.8. The van der Waals surface area contributed by atoms with E-state index >= 15 is 0 Å². The molecule has 2 rings (SSSR count). The Bertz CT molecular complexity index is 615. The minimum Gasteiger partial charge on any atom is -0.346 e. The monoisotopic (exact) mass is 333 g/mol. The van der Waals surface area contributed by atoms with Crippen LogP contribution in [0.3, 0.4) is 0 Å². The molecule has 1 aliphatic heterocycles. The summed E-state index contributed by atoms with van der Waals surface area (Å²) >= 11 is 0. The van der Waals surface area contributed by atoms with Gasteiger partial charge in [-0.3, -0.25) is 14.5 Å². The highest BCUT2D eigenvalue weighted by Gasteiger charge is 2.21. The lowest BCUT2D eigenvalue weighted by molar-refractivity contribution is -0.125. The fraction of sp³-hybridized carbons (Fsp3) is 0.438. The van der Waals surface area contributed by atoms with E-state index in [9.17, 15) is 14.4 Å². The highest BCUT2D eigenvalue weighted by molar-refractivity contribution is 5.96. The number of rotatable bonds is 6. The molecule has 0 saturated carbocycles. The van der Waals surface area contributed by atoms with Gasteiger partial charge in [0.15, 0.2) is 0 Å². The zero-order valence-electron chi connectivity index (χ0n) is 13.8. The van der Waals surface area contributed by atoms with Gasteiger partial charge < -0.3 is 21.7 Å². The molecule has 24 heavy (non-hydrogen) atoms. The highest BCUT2D eigenvalue weighted by Crippen LogP contribution is 2.19. The van der Waals surface area contributed by atoms with E-state index in [1.165, 1.54) is 0 Å². The Balaban J connectivity index is 1.84. The van der Waals surface area contributed by atoms with Gasteiger partial charge in [-0.05, 0) is 30.2 Å². The number of amides is 4. The van der Waals surface area contributed by atoms with Gasteiger partial charge in [-0.1, -0.05) is 13.8 Å². The number of nitrogens with zero attached hydrogens (tertiary/aromatic N) is 1. The van der Waals surface area contributed by atoms with E-state index in [-0.39, 0.29) is 30.3 Å². The summed E-state index contributed by atoms with van der Waals surface area (Å²) in [5.41, 5.74) is 7.06.